The number of nitrogens with one attached hydrogen (secondary N) is 2. The van der Waals surface area contributed by atoms with Gasteiger partial charge in [-0.05, 0) is 12.8 Å². The molecule has 0 bridgehead atoms. The summed E-state index contributed by atoms with van der Waals surface area (Å²) in [6.07, 6.45) is 2.17. The molecule has 2 amide bonds. The number of unbranched alkanes of at least 4 members (excludes halogenated alkanes) is 2. The Morgan fingerprint density at radius 2 is 1.05 bits per heavy atom. The van der Waals surface area contributed by atoms with E-state index in [2.05, 4.69) is 10.6 Å². The summed E-state index contributed by atoms with van der Waals surface area (Å²) < 4.78 is 0. The lowest BCUT2D eigenvalue weighted by molar-refractivity contribution is -0.138. The Labute approximate surface area is 110 Å². The van der Waals surface area contributed by atoms with Crippen molar-refractivity contribution in [3.05, 3.63) is 0 Å². The van der Waals surface area contributed by atoms with E-state index < -0.39 is 25.0 Å². The molecular formula is C11H18N2O6. The lowest BCUT2D eigenvalue weighted by Crippen LogP contribution is -2.29. The van der Waals surface area contributed by atoms with Crippen molar-refractivity contribution in [1.29, 1.82) is 0 Å². The van der Waals surface area contributed by atoms with Crippen LogP contribution in [0.4, 0.5) is 0 Å². The van der Waals surface area contributed by atoms with E-state index in [0.29, 0.717) is 19.3 Å². The van der Waals surface area contributed by atoms with Gasteiger partial charge in [0.05, 0.1) is 0 Å². The zero-order valence-corrected chi connectivity index (χ0v) is 10.5. The Kier molecular flexibility index (Phi) is 8.76. The molecule has 19 heavy (non-hydrogen) atoms. The van der Waals surface area contributed by atoms with Gasteiger partial charge in [0.1, 0.15) is 13.1 Å². The van der Waals surface area contributed by atoms with Crippen molar-refractivity contribution in [1.82, 2.24) is 10.6 Å². The Morgan fingerprint density at radius 3 is 1.37 bits per heavy atom. The molecule has 0 aromatic heterocycles. The third kappa shape index (κ3) is 12.1. The van der Waals surface area contributed by atoms with E-state index in [1.807, 2.05) is 0 Å². The van der Waals surface area contributed by atoms with Crippen molar-refractivity contribution in [2.75, 3.05) is 13.1 Å². The van der Waals surface area contributed by atoms with E-state index in [1.54, 1.807) is 0 Å². The van der Waals surface area contributed by atoms with Crippen molar-refractivity contribution in [2.24, 2.45) is 0 Å². The first-order valence-electron chi connectivity index (χ1n) is 5.89. The van der Waals surface area contributed by atoms with Gasteiger partial charge >= 0.3 is 11.9 Å². The smallest absolute Gasteiger partial charge is 0.322 e. The molecule has 0 radical (unpaired) electrons. The Bertz CT molecular complexity index is 310. The van der Waals surface area contributed by atoms with Gasteiger partial charge in [0.15, 0.2) is 0 Å². The largest absolute Gasteiger partial charge is 0.480 e. The van der Waals surface area contributed by atoms with Crippen LogP contribution in [-0.2, 0) is 19.2 Å². The molecule has 0 aliphatic heterocycles. The second-order valence-electron chi connectivity index (χ2n) is 3.90. The Balaban J connectivity index is 3.44. The predicted octanol–water partition coefficient (Wildman–Crippen LogP) is -0.661. The molecule has 0 unspecified atom stereocenters. The third-order valence-electron chi connectivity index (χ3n) is 2.18. The Hall–Kier alpha value is -2.12. The molecular weight excluding hydrogens is 256 g/mol. The van der Waals surface area contributed by atoms with E-state index in [9.17, 15) is 19.2 Å². The molecule has 0 rings (SSSR count). The van der Waals surface area contributed by atoms with Gasteiger partial charge < -0.3 is 20.8 Å². The van der Waals surface area contributed by atoms with Crippen LogP contribution in [0.15, 0.2) is 0 Å². The van der Waals surface area contributed by atoms with Gasteiger partial charge in [0.25, 0.3) is 0 Å². The molecule has 0 aliphatic carbocycles. The number of carboxylic acid groups (broad SMARTS) is 2. The molecule has 0 aromatic rings. The summed E-state index contributed by atoms with van der Waals surface area (Å²) in [6, 6.07) is 0. The van der Waals surface area contributed by atoms with Crippen LogP contribution in [0.1, 0.15) is 32.1 Å². The predicted molar refractivity (Wildman–Crippen MR) is 64.4 cm³/mol. The van der Waals surface area contributed by atoms with Gasteiger partial charge in [0.2, 0.25) is 11.8 Å². The van der Waals surface area contributed by atoms with Gasteiger partial charge in [-0.3, -0.25) is 19.2 Å². The standard InChI is InChI=1S/C11H18N2O6/c14-8(12-6-10(16)17)4-2-1-3-5-9(15)13-7-11(18)19/h1-7H2,(H,12,14)(H,13,15)(H,16,17)(H,18,19). The van der Waals surface area contributed by atoms with Gasteiger partial charge in [-0.15, -0.1) is 0 Å². The average Bonchev–Trinajstić information content (AvgIpc) is 2.33. The maximum Gasteiger partial charge on any atom is 0.322 e. The normalized spacial score (nSPS) is 9.68. The van der Waals surface area contributed by atoms with Crippen LogP contribution >= 0.6 is 0 Å². The minimum atomic E-state index is -1.09. The summed E-state index contributed by atoms with van der Waals surface area (Å²) >= 11 is 0. The summed E-state index contributed by atoms with van der Waals surface area (Å²) in [4.78, 5) is 42.5. The minimum Gasteiger partial charge on any atom is -0.480 e. The van der Waals surface area contributed by atoms with E-state index in [0.717, 1.165) is 0 Å². The highest BCUT2D eigenvalue weighted by Crippen LogP contribution is 2.02. The maximum atomic E-state index is 11.1. The van der Waals surface area contributed by atoms with E-state index in [1.165, 1.54) is 0 Å². The summed E-state index contributed by atoms with van der Waals surface area (Å²) in [5.41, 5.74) is 0. The molecule has 0 heterocycles. The number of hydrogen-bond acceptors (Lipinski definition) is 4. The number of carbonyl (C=O) groups excluding carboxylic acids is 2. The molecule has 0 aliphatic rings. The van der Waals surface area contributed by atoms with Crippen LogP contribution in [0, 0.1) is 0 Å². The molecule has 4 N–H and O–H groups in total. The number of carbonyl (C=O) groups is 4. The van der Waals surface area contributed by atoms with E-state index in [4.69, 9.17) is 10.2 Å². The van der Waals surface area contributed by atoms with Crippen molar-refractivity contribution in [2.45, 2.75) is 32.1 Å². The van der Waals surface area contributed by atoms with Crippen LogP contribution in [0.25, 0.3) is 0 Å². The van der Waals surface area contributed by atoms with Crippen LogP contribution < -0.4 is 10.6 Å². The molecule has 108 valence electrons. The SMILES string of the molecule is O=C(O)CNC(=O)CCCCCC(=O)NCC(=O)O. The zero-order chi connectivity index (χ0) is 14.7. The fourth-order valence-corrected chi connectivity index (χ4v) is 1.27. The van der Waals surface area contributed by atoms with Gasteiger partial charge in [-0.2, -0.15) is 0 Å². The molecule has 0 atom stereocenters. The van der Waals surface area contributed by atoms with Crippen LogP contribution in [-0.4, -0.2) is 47.1 Å². The average molecular weight is 274 g/mol. The molecule has 8 heteroatoms. The van der Waals surface area contributed by atoms with Crippen LogP contribution in [0.5, 0.6) is 0 Å². The first kappa shape index (κ1) is 16.9. The van der Waals surface area contributed by atoms with Gasteiger partial charge in [0, 0.05) is 12.8 Å². The van der Waals surface area contributed by atoms with Crippen LogP contribution in [0.2, 0.25) is 0 Å². The highest BCUT2D eigenvalue weighted by atomic mass is 16.4. The Morgan fingerprint density at radius 1 is 0.684 bits per heavy atom. The van der Waals surface area contributed by atoms with Crippen molar-refractivity contribution >= 4 is 23.8 Å². The van der Waals surface area contributed by atoms with Gasteiger partial charge in [-0.25, -0.2) is 0 Å². The number of rotatable bonds is 10. The number of amides is 2. The molecule has 0 saturated heterocycles. The second-order valence-corrected chi connectivity index (χ2v) is 3.90. The number of carboxylic acids is 2. The highest BCUT2D eigenvalue weighted by molar-refractivity contribution is 5.81. The molecule has 0 aromatic carbocycles. The molecule has 8 nitrogen and oxygen atoms in total. The fraction of sp³-hybridized carbons (Fsp3) is 0.636. The number of aliphatic carboxylic acids is 2. The third-order valence-corrected chi connectivity index (χ3v) is 2.18. The quantitative estimate of drug-likeness (QED) is 0.391. The topological polar surface area (TPSA) is 133 Å². The lowest BCUT2D eigenvalue weighted by Gasteiger charge is -2.03. The van der Waals surface area contributed by atoms with Crippen LogP contribution in [0.3, 0.4) is 0 Å². The van der Waals surface area contributed by atoms with E-state index >= 15 is 0 Å². The van der Waals surface area contributed by atoms with E-state index in [-0.39, 0.29) is 24.7 Å². The van der Waals surface area contributed by atoms with Gasteiger partial charge in [-0.1, -0.05) is 6.42 Å². The first-order chi connectivity index (χ1) is 8.91. The monoisotopic (exact) mass is 274 g/mol. The lowest BCUT2D eigenvalue weighted by atomic mass is 10.1. The molecule has 0 spiro atoms. The maximum absolute atomic E-state index is 11.1. The summed E-state index contributed by atoms with van der Waals surface area (Å²) in [6.45, 7) is -0.785. The van der Waals surface area contributed by atoms with Crippen molar-refractivity contribution in [3.8, 4) is 0 Å². The minimum absolute atomic E-state index is 0.212. The summed E-state index contributed by atoms with van der Waals surface area (Å²) in [7, 11) is 0. The van der Waals surface area contributed by atoms with Crippen molar-refractivity contribution < 1.29 is 29.4 Å². The molecule has 0 saturated carbocycles. The van der Waals surface area contributed by atoms with Crippen molar-refractivity contribution in [3.63, 3.8) is 0 Å². The fourth-order valence-electron chi connectivity index (χ4n) is 1.27. The highest BCUT2D eigenvalue weighted by Gasteiger charge is 2.05. The second kappa shape index (κ2) is 9.86. The zero-order valence-electron chi connectivity index (χ0n) is 10.5. The summed E-state index contributed by atoms with van der Waals surface area (Å²) in [5.74, 6) is -2.86. The molecule has 0 fully saturated rings. The summed E-state index contributed by atoms with van der Waals surface area (Å²) in [5, 5.41) is 21.1. The first-order valence-corrected chi connectivity index (χ1v) is 5.89. The number of hydrogen-bond donors (Lipinski definition) is 4.